The summed E-state index contributed by atoms with van der Waals surface area (Å²) >= 11 is 1.25. The lowest BCUT2D eigenvalue weighted by Crippen LogP contribution is -2.50. The standard InChI is InChI=1S/C36H56N6O9S/c1-34(2,3)49-29(44)22-40-14-12-39(21-28(43)38-33-37-26-20-25(32(47)48)10-11-27(26)52-33)13-15-41(23-30(45)50-35(4,5)6)17-19-42(18-16-40)24-31(46)51-36(7,8)9/h10-11,20H,12-19,21-24H2,1-9H3,(H,47,48)(H,37,38,43). The number of carbonyl (C=O) groups is 5. The van der Waals surface area contributed by atoms with Crippen LogP contribution in [0.25, 0.3) is 10.2 Å². The van der Waals surface area contributed by atoms with Gasteiger partial charge in [0.1, 0.15) is 16.8 Å². The van der Waals surface area contributed by atoms with Gasteiger partial charge in [-0.3, -0.25) is 38.8 Å². The summed E-state index contributed by atoms with van der Waals surface area (Å²) in [5, 5.41) is 12.5. The first-order valence-corrected chi connectivity index (χ1v) is 18.3. The monoisotopic (exact) mass is 748 g/mol. The van der Waals surface area contributed by atoms with E-state index in [0.717, 1.165) is 4.70 Å². The van der Waals surface area contributed by atoms with E-state index in [4.69, 9.17) is 14.2 Å². The van der Waals surface area contributed by atoms with Gasteiger partial charge in [0.05, 0.1) is 42.0 Å². The number of anilines is 1. The number of ether oxygens (including phenoxy) is 3. The van der Waals surface area contributed by atoms with Crippen molar-refractivity contribution < 1.29 is 43.3 Å². The lowest BCUT2D eigenvalue weighted by Gasteiger charge is -2.34. The molecular weight excluding hydrogens is 692 g/mol. The molecule has 52 heavy (non-hydrogen) atoms. The number of aromatic carboxylic acids is 1. The molecule has 290 valence electrons. The van der Waals surface area contributed by atoms with Crippen molar-refractivity contribution in [3.8, 4) is 0 Å². The Bertz CT molecular complexity index is 1510. The number of thiazole rings is 1. The van der Waals surface area contributed by atoms with Gasteiger partial charge in [-0.15, -0.1) is 0 Å². The van der Waals surface area contributed by atoms with E-state index in [0.29, 0.717) is 63.0 Å². The Morgan fingerprint density at radius 3 is 1.37 bits per heavy atom. The normalized spacial score (nSPS) is 16.8. The Balaban J connectivity index is 1.82. The number of nitrogens with zero attached hydrogens (tertiary/aromatic N) is 5. The van der Waals surface area contributed by atoms with E-state index in [1.54, 1.807) is 6.07 Å². The van der Waals surface area contributed by atoms with Crippen molar-refractivity contribution in [3.63, 3.8) is 0 Å². The molecule has 0 bridgehead atoms. The molecule has 0 spiro atoms. The third kappa shape index (κ3) is 16.3. The number of amides is 1. The van der Waals surface area contributed by atoms with Crippen LogP contribution in [0.2, 0.25) is 0 Å². The van der Waals surface area contributed by atoms with Gasteiger partial charge in [0, 0.05) is 52.4 Å². The Hall–Kier alpha value is -3.70. The highest BCUT2D eigenvalue weighted by atomic mass is 32.1. The zero-order valence-corrected chi connectivity index (χ0v) is 32.9. The van der Waals surface area contributed by atoms with Gasteiger partial charge in [-0.05, 0) is 80.5 Å². The maximum atomic E-state index is 13.4. The average molecular weight is 749 g/mol. The first kappa shape index (κ1) is 42.7. The Morgan fingerprint density at radius 2 is 1.02 bits per heavy atom. The van der Waals surface area contributed by atoms with E-state index in [9.17, 15) is 29.1 Å². The first-order valence-electron chi connectivity index (χ1n) is 17.5. The molecule has 1 aromatic heterocycles. The molecule has 15 nitrogen and oxygen atoms in total. The maximum absolute atomic E-state index is 13.4. The number of carboxylic acids is 1. The zero-order chi connectivity index (χ0) is 38.9. The number of hydrogen-bond acceptors (Lipinski definition) is 14. The summed E-state index contributed by atoms with van der Waals surface area (Å²) in [7, 11) is 0. The summed E-state index contributed by atoms with van der Waals surface area (Å²) in [6.45, 7) is 19.7. The second kappa shape index (κ2) is 18.4. The van der Waals surface area contributed by atoms with Gasteiger partial charge < -0.3 is 24.6 Å². The molecule has 0 saturated carbocycles. The van der Waals surface area contributed by atoms with Gasteiger partial charge >= 0.3 is 23.9 Å². The van der Waals surface area contributed by atoms with Gasteiger partial charge in [0.15, 0.2) is 5.13 Å². The van der Waals surface area contributed by atoms with Crippen molar-refractivity contribution in [3.05, 3.63) is 23.8 Å². The molecule has 1 aliphatic rings. The third-order valence-corrected chi connectivity index (χ3v) is 8.45. The van der Waals surface area contributed by atoms with Crippen LogP contribution in [-0.4, -0.2) is 155 Å². The summed E-state index contributed by atoms with van der Waals surface area (Å²) in [6.07, 6.45) is 0. The molecule has 16 heteroatoms. The van der Waals surface area contributed by atoms with E-state index in [2.05, 4.69) is 10.3 Å². The number of esters is 3. The van der Waals surface area contributed by atoms with Crippen LogP contribution < -0.4 is 5.32 Å². The summed E-state index contributed by atoms with van der Waals surface area (Å²) in [6, 6.07) is 4.62. The van der Waals surface area contributed by atoms with Crippen LogP contribution in [0.3, 0.4) is 0 Å². The topological polar surface area (TPSA) is 171 Å². The first-order chi connectivity index (χ1) is 24.0. The molecule has 0 atom stereocenters. The summed E-state index contributed by atoms with van der Waals surface area (Å²) in [5.74, 6) is -2.51. The Labute approximate surface area is 310 Å². The molecule has 0 aliphatic carbocycles. The maximum Gasteiger partial charge on any atom is 0.335 e. The predicted octanol–water partition coefficient (Wildman–Crippen LogP) is 3.18. The molecule has 0 unspecified atom stereocenters. The summed E-state index contributed by atoms with van der Waals surface area (Å²) < 4.78 is 17.6. The Morgan fingerprint density at radius 1 is 0.654 bits per heavy atom. The molecule has 2 aromatic rings. The molecule has 1 aliphatic heterocycles. The second-order valence-corrected chi connectivity index (χ2v) is 16.9. The van der Waals surface area contributed by atoms with Crippen LogP contribution >= 0.6 is 11.3 Å². The fraction of sp³-hybridized carbons (Fsp3) is 0.667. The van der Waals surface area contributed by atoms with Crippen molar-refractivity contribution >= 4 is 56.5 Å². The van der Waals surface area contributed by atoms with Crippen LogP contribution in [-0.2, 0) is 33.4 Å². The van der Waals surface area contributed by atoms with Crippen molar-refractivity contribution in [2.45, 2.75) is 79.1 Å². The van der Waals surface area contributed by atoms with E-state index >= 15 is 0 Å². The molecule has 1 aromatic carbocycles. The summed E-state index contributed by atoms with van der Waals surface area (Å²) in [5.41, 5.74) is -1.40. The molecular formula is C36H56N6O9S. The van der Waals surface area contributed by atoms with Crippen molar-refractivity contribution in [1.29, 1.82) is 0 Å². The second-order valence-electron chi connectivity index (χ2n) is 15.9. The third-order valence-electron chi connectivity index (χ3n) is 7.50. The van der Waals surface area contributed by atoms with Gasteiger partial charge in [0.25, 0.3) is 0 Å². The molecule has 1 amide bonds. The van der Waals surface area contributed by atoms with Crippen LogP contribution in [0.15, 0.2) is 18.2 Å². The molecule has 2 heterocycles. The largest absolute Gasteiger partial charge is 0.478 e. The number of hydrogen-bond donors (Lipinski definition) is 2. The molecule has 1 fully saturated rings. The van der Waals surface area contributed by atoms with Gasteiger partial charge in [-0.2, -0.15) is 0 Å². The fourth-order valence-electron chi connectivity index (χ4n) is 5.36. The van der Waals surface area contributed by atoms with E-state index < -0.39 is 22.8 Å². The SMILES string of the molecule is CC(C)(C)OC(=O)CN1CCN(CC(=O)Nc2nc3cc(C(=O)O)ccc3s2)CCN(CC(=O)OC(C)(C)C)CCN(CC(=O)OC(C)(C)C)CC1. The number of nitrogens with one attached hydrogen (secondary N) is 1. The highest BCUT2D eigenvalue weighted by Crippen LogP contribution is 2.26. The van der Waals surface area contributed by atoms with E-state index in [-0.39, 0.29) is 55.6 Å². The van der Waals surface area contributed by atoms with Crippen LogP contribution in [0, 0.1) is 0 Å². The van der Waals surface area contributed by atoms with Crippen LogP contribution in [0.5, 0.6) is 0 Å². The average Bonchev–Trinajstić information content (AvgIpc) is 3.36. The molecule has 3 rings (SSSR count). The van der Waals surface area contributed by atoms with E-state index in [1.807, 2.05) is 81.9 Å². The minimum atomic E-state index is -1.06. The van der Waals surface area contributed by atoms with Crippen molar-refractivity contribution in [2.75, 3.05) is 83.9 Å². The van der Waals surface area contributed by atoms with Crippen LogP contribution in [0.4, 0.5) is 5.13 Å². The van der Waals surface area contributed by atoms with Crippen LogP contribution in [0.1, 0.15) is 72.7 Å². The number of carbonyl (C=O) groups excluding carboxylic acids is 4. The number of rotatable bonds is 10. The number of benzene rings is 1. The number of carboxylic acid groups (broad SMARTS) is 1. The minimum absolute atomic E-state index is 0.00161. The predicted molar refractivity (Wildman–Crippen MR) is 199 cm³/mol. The highest BCUT2D eigenvalue weighted by molar-refractivity contribution is 7.22. The molecule has 2 N–H and O–H groups in total. The van der Waals surface area contributed by atoms with Gasteiger partial charge in [0.2, 0.25) is 5.91 Å². The number of fused-ring (bicyclic) bond motifs is 1. The van der Waals surface area contributed by atoms with Crippen molar-refractivity contribution in [1.82, 2.24) is 24.6 Å². The minimum Gasteiger partial charge on any atom is -0.478 e. The summed E-state index contributed by atoms with van der Waals surface area (Å²) in [4.78, 5) is 75.8. The van der Waals surface area contributed by atoms with Gasteiger partial charge in [-0.1, -0.05) is 11.3 Å². The molecule has 1 saturated heterocycles. The lowest BCUT2D eigenvalue weighted by atomic mass is 10.2. The number of aromatic nitrogens is 1. The molecule has 0 radical (unpaired) electrons. The highest BCUT2D eigenvalue weighted by Gasteiger charge is 2.26. The van der Waals surface area contributed by atoms with E-state index in [1.165, 1.54) is 23.5 Å². The van der Waals surface area contributed by atoms with Gasteiger partial charge in [-0.25, -0.2) is 9.78 Å². The Kier molecular flexibility index (Phi) is 15.1. The zero-order valence-electron chi connectivity index (χ0n) is 32.1. The smallest absolute Gasteiger partial charge is 0.335 e. The fourth-order valence-corrected chi connectivity index (χ4v) is 6.22. The quantitative estimate of drug-likeness (QED) is 0.268. The van der Waals surface area contributed by atoms with Crippen molar-refractivity contribution in [2.24, 2.45) is 0 Å². The lowest BCUT2D eigenvalue weighted by molar-refractivity contribution is -0.158.